The minimum Gasteiger partial charge on any atom is -0.390 e. The Balaban J connectivity index is 1.81. The Labute approximate surface area is 108 Å². The van der Waals surface area contributed by atoms with Gasteiger partial charge in [-0.25, -0.2) is 4.39 Å². The number of anilines is 1. The second kappa shape index (κ2) is 6.16. The largest absolute Gasteiger partial charge is 0.390 e. The molecule has 0 radical (unpaired) electrons. The summed E-state index contributed by atoms with van der Waals surface area (Å²) in [5.41, 5.74) is 1.75. The van der Waals surface area contributed by atoms with Crippen molar-refractivity contribution in [3.05, 3.63) is 29.6 Å². The summed E-state index contributed by atoms with van der Waals surface area (Å²) in [6, 6.07) is 4.66. The van der Waals surface area contributed by atoms with Gasteiger partial charge in [0.05, 0.1) is 6.10 Å². The molecule has 0 bridgehead atoms. The van der Waals surface area contributed by atoms with E-state index in [2.05, 4.69) is 10.2 Å². The van der Waals surface area contributed by atoms with Crippen LogP contribution in [-0.2, 0) is 0 Å². The molecule has 0 saturated carbocycles. The van der Waals surface area contributed by atoms with Crippen molar-refractivity contribution in [2.24, 2.45) is 0 Å². The molecule has 0 aliphatic carbocycles. The highest BCUT2D eigenvalue weighted by Crippen LogP contribution is 2.16. The summed E-state index contributed by atoms with van der Waals surface area (Å²) in [6.45, 7) is 5.24. The zero-order valence-electron chi connectivity index (χ0n) is 10.8. The highest BCUT2D eigenvalue weighted by Gasteiger charge is 2.15. The third-order valence-electron chi connectivity index (χ3n) is 3.40. The molecule has 1 atom stereocenters. The molecule has 3 nitrogen and oxygen atoms in total. The van der Waals surface area contributed by atoms with Crippen molar-refractivity contribution < 1.29 is 9.50 Å². The van der Waals surface area contributed by atoms with Crippen LogP contribution in [0.25, 0.3) is 0 Å². The number of likely N-dealkylation sites (tertiary alicyclic amines) is 1. The quantitative estimate of drug-likeness (QED) is 0.841. The van der Waals surface area contributed by atoms with E-state index >= 15 is 0 Å². The molecule has 4 heteroatoms. The lowest BCUT2D eigenvalue weighted by Crippen LogP contribution is -2.34. The van der Waals surface area contributed by atoms with E-state index in [1.165, 1.54) is 25.0 Å². The van der Waals surface area contributed by atoms with Gasteiger partial charge in [0.2, 0.25) is 0 Å². The summed E-state index contributed by atoms with van der Waals surface area (Å²) in [6.07, 6.45) is 2.04. The standard InChI is InChI=1S/C14H21FN2O/c1-11-4-5-12(15)8-14(11)16-9-13(18)10-17-6-2-3-7-17/h4-5,8,13,16,18H,2-3,6-7,9-10H2,1H3. The Kier molecular flexibility index (Phi) is 4.55. The molecule has 1 aromatic carbocycles. The summed E-state index contributed by atoms with van der Waals surface area (Å²) in [5.74, 6) is -0.253. The molecule has 2 N–H and O–H groups in total. The van der Waals surface area contributed by atoms with Crippen LogP contribution in [0.5, 0.6) is 0 Å². The molecule has 1 fully saturated rings. The first-order valence-electron chi connectivity index (χ1n) is 6.55. The lowest BCUT2D eigenvalue weighted by atomic mass is 10.2. The maximum Gasteiger partial charge on any atom is 0.125 e. The van der Waals surface area contributed by atoms with Crippen LogP contribution in [0.1, 0.15) is 18.4 Å². The molecule has 1 saturated heterocycles. The highest BCUT2D eigenvalue weighted by atomic mass is 19.1. The molecule has 2 rings (SSSR count). The van der Waals surface area contributed by atoms with Gasteiger partial charge in [-0.2, -0.15) is 0 Å². The van der Waals surface area contributed by atoms with Gasteiger partial charge in [-0.3, -0.25) is 0 Å². The summed E-state index contributed by atoms with van der Waals surface area (Å²) >= 11 is 0. The van der Waals surface area contributed by atoms with Gasteiger partial charge < -0.3 is 15.3 Å². The SMILES string of the molecule is Cc1ccc(F)cc1NCC(O)CN1CCCC1. The van der Waals surface area contributed by atoms with Crippen LogP contribution in [-0.4, -0.2) is 42.3 Å². The van der Waals surface area contributed by atoms with Crippen LogP contribution < -0.4 is 5.32 Å². The predicted molar refractivity (Wildman–Crippen MR) is 71.3 cm³/mol. The number of aliphatic hydroxyl groups is 1. The Bertz CT molecular complexity index is 391. The molecule has 1 aromatic rings. The zero-order chi connectivity index (χ0) is 13.0. The molecule has 1 aliphatic heterocycles. The maximum atomic E-state index is 13.1. The van der Waals surface area contributed by atoms with Crippen molar-refractivity contribution in [3.63, 3.8) is 0 Å². The number of rotatable bonds is 5. The molecule has 0 amide bonds. The van der Waals surface area contributed by atoms with E-state index in [1.54, 1.807) is 6.07 Å². The fraction of sp³-hybridized carbons (Fsp3) is 0.571. The van der Waals surface area contributed by atoms with Gasteiger partial charge in [0, 0.05) is 18.8 Å². The fourth-order valence-corrected chi connectivity index (χ4v) is 2.34. The van der Waals surface area contributed by atoms with Crippen molar-refractivity contribution in [3.8, 4) is 0 Å². The van der Waals surface area contributed by atoms with Crippen molar-refractivity contribution in [1.29, 1.82) is 0 Å². The number of β-amino-alcohol motifs (C(OH)–C–C–N with tert-alkyl or cyclic N) is 1. The van der Waals surface area contributed by atoms with Crippen LogP contribution in [0.4, 0.5) is 10.1 Å². The van der Waals surface area contributed by atoms with E-state index in [0.29, 0.717) is 13.1 Å². The van der Waals surface area contributed by atoms with Crippen LogP contribution in [0.2, 0.25) is 0 Å². The third-order valence-corrected chi connectivity index (χ3v) is 3.40. The Hall–Kier alpha value is -1.13. The normalized spacial score (nSPS) is 17.9. The minimum atomic E-state index is -0.411. The summed E-state index contributed by atoms with van der Waals surface area (Å²) in [4.78, 5) is 2.27. The molecule has 0 spiro atoms. The van der Waals surface area contributed by atoms with Crippen LogP contribution >= 0.6 is 0 Å². The topological polar surface area (TPSA) is 35.5 Å². The first-order chi connectivity index (χ1) is 8.65. The smallest absolute Gasteiger partial charge is 0.125 e. The van der Waals surface area contributed by atoms with Gasteiger partial charge >= 0.3 is 0 Å². The van der Waals surface area contributed by atoms with E-state index in [9.17, 15) is 9.50 Å². The first kappa shape index (κ1) is 13.3. The Morgan fingerprint density at radius 3 is 2.83 bits per heavy atom. The lowest BCUT2D eigenvalue weighted by molar-refractivity contribution is 0.135. The second-order valence-electron chi connectivity index (χ2n) is 5.00. The van der Waals surface area contributed by atoms with Crippen molar-refractivity contribution in [1.82, 2.24) is 4.90 Å². The number of benzene rings is 1. The molecule has 0 aromatic heterocycles. The lowest BCUT2D eigenvalue weighted by Gasteiger charge is -2.20. The third kappa shape index (κ3) is 3.68. The predicted octanol–water partition coefficient (Wildman–Crippen LogP) is 2.00. The summed E-state index contributed by atoms with van der Waals surface area (Å²) in [5, 5.41) is 13.0. The minimum absolute atomic E-state index is 0.253. The van der Waals surface area contributed by atoms with Gasteiger partial charge in [-0.15, -0.1) is 0 Å². The zero-order valence-corrected chi connectivity index (χ0v) is 10.8. The molecule has 100 valence electrons. The van der Waals surface area contributed by atoms with Gasteiger partial charge in [-0.05, 0) is 50.6 Å². The number of nitrogens with zero attached hydrogens (tertiary/aromatic N) is 1. The average Bonchev–Trinajstić information content (AvgIpc) is 2.83. The molecule has 1 aliphatic rings. The number of nitrogens with one attached hydrogen (secondary N) is 1. The van der Waals surface area contributed by atoms with E-state index in [0.717, 1.165) is 24.3 Å². The van der Waals surface area contributed by atoms with Crippen LogP contribution in [0, 0.1) is 12.7 Å². The van der Waals surface area contributed by atoms with Gasteiger partial charge in [0.1, 0.15) is 5.82 Å². The molecular formula is C14H21FN2O. The molecule has 18 heavy (non-hydrogen) atoms. The summed E-state index contributed by atoms with van der Waals surface area (Å²) in [7, 11) is 0. The van der Waals surface area contributed by atoms with E-state index in [-0.39, 0.29) is 5.82 Å². The van der Waals surface area contributed by atoms with E-state index in [4.69, 9.17) is 0 Å². The summed E-state index contributed by atoms with van der Waals surface area (Å²) < 4.78 is 13.1. The van der Waals surface area contributed by atoms with E-state index < -0.39 is 6.10 Å². The number of hydrogen-bond donors (Lipinski definition) is 2. The number of hydrogen-bond acceptors (Lipinski definition) is 3. The van der Waals surface area contributed by atoms with Crippen LogP contribution in [0.3, 0.4) is 0 Å². The van der Waals surface area contributed by atoms with Gasteiger partial charge in [-0.1, -0.05) is 6.07 Å². The molecule has 1 unspecified atom stereocenters. The van der Waals surface area contributed by atoms with Crippen LogP contribution in [0.15, 0.2) is 18.2 Å². The fourth-order valence-electron chi connectivity index (χ4n) is 2.34. The second-order valence-corrected chi connectivity index (χ2v) is 5.00. The average molecular weight is 252 g/mol. The Morgan fingerprint density at radius 2 is 2.11 bits per heavy atom. The monoisotopic (exact) mass is 252 g/mol. The van der Waals surface area contributed by atoms with Crippen molar-refractivity contribution >= 4 is 5.69 Å². The van der Waals surface area contributed by atoms with Crippen molar-refractivity contribution in [2.75, 3.05) is 31.5 Å². The highest BCUT2D eigenvalue weighted by molar-refractivity contribution is 5.50. The van der Waals surface area contributed by atoms with E-state index in [1.807, 2.05) is 6.92 Å². The Morgan fingerprint density at radius 1 is 1.39 bits per heavy atom. The van der Waals surface area contributed by atoms with Crippen molar-refractivity contribution in [2.45, 2.75) is 25.9 Å². The van der Waals surface area contributed by atoms with Gasteiger partial charge in [0.15, 0.2) is 0 Å². The molecular weight excluding hydrogens is 231 g/mol. The first-order valence-corrected chi connectivity index (χ1v) is 6.55. The van der Waals surface area contributed by atoms with Gasteiger partial charge in [0.25, 0.3) is 0 Å². The maximum absolute atomic E-state index is 13.1. The molecule has 1 heterocycles. The number of aryl methyl sites for hydroxylation is 1. The number of aliphatic hydroxyl groups excluding tert-OH is 1. The number of halogens is 1.